The van der Waals surface area contributed by atoms with E-state index in [1.807, 2.05) is 24.3 Å². The van der Waals surface area contributed by atoms with Gasteiger partial charge in [-0.05, 0) is 6.07 Å². The lowest BCUT2D eigenvalue weighted by Gasteiger charge is -1.93. The number of aromatic hydroxyl groups is 1. The average molecular weight is 200 g/mol. The van der Waals surface area contributed by atoms with Crippen LogP contribution in [0.4, 0.5) is 0 Å². The maximum Gasteiger partial charge on any atom is 0.290 e. The molecule has 0 radical (unpaired) electrons. The number of benzene rings is 1. The molecule has 1 aromatic carbocycles. The zero-order chi connectivity index (χ0) is 10.4. The highest BCUT2D eigenvalue weighted by molar-refractivity contribution is 6.09. The van der Waals surface area contributed by atoms with Crippen LogP contribution in [0.3, 0.4) is 0 Å². The molecule has 2 heterocycles. The predicted octanol–water partition coefficient (Wildman–Crippen LogP) is 1.71. The third-order valence-corrected chi connectivity index (χ3v) is 2.53. The molecule has 0 aliphatic rings. The first-order valence-electron chi connectivity index (χ1n) is 4.58. The van der Waals surface area contributed by atoms with Crippen LogP contribution in [0, 0.1) is 0 Å². The number of aromatic amines is 2. The number of para-hydroxylation sites is 1. The Kier molecular flexibility index (Phi) is 1.42. The second-order valence-corrected chi connectivity index (χ2v) is 3.43. The smallest absolute Gasteiger partial charge is 0.290 e. The molecular weight excluding hydrogens is 192 g/mol. The molecule has 3 N–H and O–H groups in total. The van der Waals surface area contributed by atoms with E-state index in [0.717, 1.165) is 16.4 Å². The van der Waals surface area contributed by atoms with Gasteiger partial charge >= 0.3 is 0 Å². The van der Waals surface area contributed by atoms with Crippen LogP contribution in [0.15, 0.2) is 35.3 Å². The standard InChI is InChI=1S/C11H8N2O2/c14-10-9-6-3-1-2-4-7(6)13-8(9)5-12-11(10)15/h1-5,13-14H,(H,12,15). The quantitative estimate of drug-likeness (QED) is 0.517. The van der Waals surface area contributed by atoms with Crippen molar-refractivity contribution in [3.63, 3.8) is 0 Å². The molecule has 4 nitrogen and oxygen atoms in total. The van der Waals surface area contributed by atoms with E-state index < -0.39 is 5.56 Å². The van der Waals surface area contributed by atoms with Crippen molar-refractivity contribution < 1.29 is 5.11 Å². The third kappa shape index (κ3) is 0.985. The van der Waals surface area contributed by atoms with Crippen molar-refractivity contribution >= 4 is 21.8 Å². The molecule has 0 atom stereocenters. The second-order valence-electron chi connectivity index (χ2n) is 3.43. The van der Waals surface area contributed by atoms with Gasteiger partial charge in [0.2, 0.25) is 0 Å². The molecule has 0 amide bonds. The van der Waals surface area contributed by atoms with E-state index >= 15 is 0 Å². The van der Waals surface area contributed by atoms with E-state index in [1.165, 1.54) is 0 Å². The molecule has 0 saturated carbocycles. The van der Waals surface area contributed by atoms with Crippen molar-refractivity contribution in [3.05, 3.63) is 40.8 Å². The van der Waals surface area contributed by atoms with Crippen LogP contribution >= 0.6 is 0 Å². The maximum atomic E-state index is 11.3. The maximum absolute atomic E-state index is 11.3. The third-order valence-electron chi connectivity index (χ3n) is 2.53. The van der Waals surface area contributed by atoms with Gasteiger partial charge in [-0.1, -0.05) is 18.2 Å². The highest BCUT2D eigenvalue weighted by Crippen LogP contribution is 2.28. The minimum absolute atomic E-state index is 0.232. The lowest BCUT2D eigenvalue weighted by atomic mass is 10.2. The van der Waals surface area contributed by atoms with Crippen molar-refractivity contribution in [2.45, 2.75) is 0 Å². The van der Waals surface area contributed by atoms with Gasteiger partial charge in [0.05, 0.1) is 10.9 Å². The largest absolute Gasteiger partial charge is 0.503 e. The summed E-state index contributed by atoms with van der Waals surface area (Å²) in [6.45, 7) is 0. The molecular formula is C11H8N2O2. The summed E-state index contributed by atoms with van der Waals surface area (Å²) < 4.78 is 0. The highest BCUT2D eigenvalue weighted by atomic mass is 16.3. The summed E-state index contributed by atoms with van der Waals surface area (Å²) in [5, 5.41) is 11.1. The molecule has 0 saturated heterocycles. The second kappa shape index (κ2) is 2.63. The van der Waals surface area contributed by atoms with Crippen LogP contribution in [0.1, 0.15) is 0 Å². The highest BCUT2D eigenvalue weighted by Gasteiger charge is 2.09. The predicted molar refractivity (Wildman–Crippen MR) is 58.1 cm³/mol. The number of fused-ring (bicyclic) bond motifs is 3. The number of H-pyrrole nitrogens is 2. The average Bonchev–Trinajstić information content (AvgIpc) is 2.62. The fourth-order valence-electron chi connectivity index (χ4n) is 1.85. The van der Waals surface area contributed by atoms with Crippen molar-refractivity contribution in [2.75, 3.05) is 0 Å². The molecule has 0 bridgehead atoms. The van der Waals surface area contributed by atoms with Gasteiger partial charge in [-0.15, -0.1) is 0 Å². The number of rotatable bonds is 0. The van der Waals surface area contributed by atoms with E-state index in [2.05, 4.69) is 9.97 Å². The van der Waals surface area contributed by atoms with Gasteiger partial charge in [0.1, 0.15) is 0 Å². The topological polar surface area (TPSA) is 68.9 Å². The van der Waals surface area contributed by atoms with E-state index in [9.17, 15) is 9.90 Å². The first kappa shape index (κ1) is 8.11. The Morgan fingerprint density at radius 1 is 1.13 bits per heavy atom. The summed E-state index contributed by atoms with van der Waals surface area (Å²) in [7, 11) is 0. The molecule has 74 valence electrons. The van der Waals surface area contributed by atoms with Crippen LogP contribution in [0.25, 0.3) is 21.8 Å². The summed E-state index contributed by atoms with van der Waals surface area (Å²) in [5.41, 5.74) is 1.17. The van der Waals surface area contributed by atoms with Gasteiger partial charge in [0.15, 0.2) is 5.75 Å². The van der Waals surface area contributed by atoms with Gasteiger partial charge < -0.3 is 15.1 Å². The first-order chi connectivity index (χ1) is 7.27. The number of aromatic nitrogens is 2. The van der Waals surface area contributed by atoms with Gasteiger partial charge in [-0.25, -0.2) is 0 Å². The van der Waals surface area contributed by atoms with Crippen molar-refractivity contribution in [2.24, 2.45) is 0 Å². The summed E-state index contributed by atoms with van der Waals surface area (Å²) in [4.78, 5) is 16.8. The SMILES string of the molecule is O=c1[nH]cc2[nH]c3ccccc3c2c1O. The molecule has 15 heavy (non-hydrogen) atoms. The van der Waals surface area contributed by atoms with Gasteiger partial charge in [0, 0.05) is 17.1 Å². The number of nitrogens with one attached hydrogen (secondary N) is 2. The van der Waals surface area contributed by atoms with Gasteiger partial charge in [-0.3, -0.25) is 4.79 Å². The zero-order valence-electron chi connectivity index (χ0n) is 7.74. The Bertz CT molecular complexity index is 709. The molecule has 0 aliphatic heterocycles. The van der Waals surface area contributed by atoms with Crippen LogP contribution < -0.4 is 5.56 Å². The lowest BCUT2D eigenvalue weighted by molar-refractivity contribution is 0.474. The number of pyridine rings is 1. The molecule has 0 aliphatic carbocycles. The van der Waals surface area contributed by atoms with Crippen LogP contribution in [-0.2, 0) is 0 Å². The fraction of sp³-hybridized carbons (Fsp3) is 0. The molecule has 3 rings (SSSR count). The monoisotopic (exact) mass is 200 g/mol. The van der Waals surface area contributed by atoms with Crippen molar-refractivity contribution in [3.8, 4) is 5.75 Å². The van der Waals surface area contributed by atoms with Crippen molar-refractivity contribution in [1.82, 2.24) is 9.97 Å². The Labute approximate surface area is 84.2 Å². The number of hydrogen-bond donors (Lipinski definition) is 3. The molecule has 2 aromatic heterocycles. The van der Waals surface area contributed by atoms with Crippen LogP contribution in [0.5, 0.6) is 5.75 Å². The lowest BCUT2D eigenvalue weighted by Crippen LogP contribution is -2.03. The van der Waals surface area contributed by atoms with Crippen LogP contribution in [0.2, 0.25) is 0 Å². The first-order valence-corrected chi connectivity index (χ1v) is 4.58. The Morgan fingerprint density at radius 2 is 1.93 bits per heavy atom. The van der Waals surface area contributed by atoms with Crippen molar-refractivity contribution in [1.29, 1.82) is 0 Å². The molecule has 0 spiro atoms. The normalized spacial score (nSPS) is 11.2. The summed E-state index contributed by atoms with van der Waals surface area (Å²) >= 11 is 0. The zero-order valence-corrected chi connectivity index (χ0v) is 7.74. The minimum atomic E-state index is -0.466. The minimum Gasteiger partial charge on any atom is -0.503 e. The van der Waals surface area contributed by atoms with Gasteiger partial charge in [-0.2, -0.15) is 0 Å². The molecule has 4 heteroatoms. The molecule has 0 fully saturated rings. The van der Waals surface area contributed by atoms with E-state index in [1.54, 1.807) is 6.20 Å². The van der Waals surface area contributed by atoms with Crippen LogP contribution in [-0.4, -0.2) is 15.1 Å². The molecule has 0 unspecified atom stereocenters. The molecule has 3 aromatic rings. The van der Waals surface area contributed by atoms with E-state index in [-0.39, 0.29) is 5.75 Å². The summed E-state index contributed by atoms with van der Waals surface area (Å²) in [5.74, 6) is -0.232. The Morgan fingerprint density at radius 3 is 2.80 bits per heavy atom. The summed E-state index contributed by atoms with van der Waals surface area (Å²) in [6, 6.07) is 7.54. The Hall–Kier alpha value is -2.23. The van der Waals surface area contributed by atoms with E-state index in [0.29, 0.717) is 5.39 Å². The van der Waals surface area contributed by atoms with E-state index in [4.69, 9.17) is 0 Å². The van der Waals surface area contributed by atoms with Gasteiger partial charge in [0.25, 0.3) is 5.56 Å². The Balaban J connectivity index is 2.69. The fourth-order valence-corrected chi connectivity index (χ4v) is 1.85. The summed E-state index contributed by atoms with van der Waals surface area (Å²) in [6.07, 6.45) is 1.57. The number of hydrogen-bond acceptors (Lipinski definition) is 2.